The quantitative estimate of drug-likeness (QED) is 0.390. The van der Waals surface area contributed by atoms with Crippen LogP contribution < -0.4 is 25.3 Å². The molecule has 9 heteroatoms. The van der Waals surface area contributed by atoms with Gasteiger partial charge in [0.05, 0.1) is 37.9 Å². The van der Waals surface area contributed by atoms with Gasteiger partial charge in [-0.25, -0.2) is 10.1 Å². The van der Waals surface area contributed by atoms with Gasteiger partial charge in [-0.1, -0.05) is 30.3 Å². The van der Waals surface area contributed by atoms with E-state index in [4.69, 9.17) is 14.2 Å². The molecule has 0 saturated heterocycles. The molecular weight excluding hydrogens is 448 g/mol. The summed E-state index contributed by atoms with van der Waals surface area (Å²) in [6, 6.07) is 16.2. The Morgan fingerprint density at radius 3 is 2.34 bits per heavy atom. The van der Waals surface area contributed by atoms with Crippen LogP contribution in [0.25, 0.3) is 33.1 Å². The van der Waals surface area contributed by atoms with Crippen molar-refractivity contribution in [1.82, 2.24) is 20.2 Å². The third kappa shape index (κ3) is 3.97. The molecule has 0 radical (unpaired) electrons. The van der Waals surface area contributed by atoms with Crippen LogP contribution in [-0.4, -0.2) is 41.5 Å². The zero-order valence-electron chi connectivity index (χ0n) is 19.3. The topological polar surface area (TPSA) is 119 Å². The summed E-state index contributed by atoms with van der Waals surface area (Å²) in [6.45, 7) is 0. The van der Waals surface area contributed by atoms with Crippen molar-refractivity contribution in [2.24, 2.45) is 0 Å². The van der Waals surface area contributed by atoms with Gasteiger partial charge in [0.2, 0.25) is 0 Å². The molecule has 0 saturated carbocycles. The Labute approximate surface area is 199 Å². The van der Waals surface area contributed by atoms with E-state index in [-0.39, 0.29) is 11.1 Å². The standard InChI is InChI=1S/C26H22N4O5/c1-33-16-12-20-23(22(13-16)35-3)26(32)28-24(27-20)15-9-8-14(21(11-15)34-2)10-19-17-6-4-5-7-18(17)25(31)30-29-19/h4-9,11-13H,10H2,1-3H3,(H,30,31)(H,27,28,32). The van der Waals surface area contributed by atoms with Crippen molar-refractivity contribution in [3.05, 3.63) is 86.6 Å². The van der Waals surface area contributed by atoms with Crippen molar-refractivity contribution in [2.45, 2.75) is 6.42 Å². The van der Waals surface area contributed by atoms with Gasteiger partial charge in [0, 0.05) is 35.1 Å². The van der Waals surface area contributed by atoms with E-state index < -0.39 is 0 Å². The van der Waals surface area contributed by atoms with Crippen molar-refractivity contribution in [1.29, 1.82) is 0 Å². The second-order valence-electron chi connectivity index (χ2n) is 7.89. The van der Waals surface area contributed by atoms with Crippen molar-refractivity contribution >= 4 is 21.7 Å². The third-order valence-corrected chi connectivity index (χ3v) is 5.90. The number of methoxy groups -OCH3 is 3. The van der Waals surface area contributed by atoms with E-state index in [1.165, 1.54) is 7.11 Å². The van der Waals surface area contributed by atoms with E-state index in [2.05, 4.69) is 20.2 Å². The lowest BCUT2D eigenvalue weighted by molar-refractivity contribution is 0.397. The predicted molar refractivity (Wildman–Crippen MR) is 133 cm³/mol. The predicted octanol–water partition coefficient (Wildman–Crippen LogP) is 3.44. The highest BCUT2D eigenvalue weighted by molar-refractivity contribution is 5.87. The largest absolute Gasteiger partial charge is 0.497 e. The van der Waals surface area contributed by atoms with E-state index in [0.29, 0.717) is 51.3 Å². The zero-order valence-corrected chi connectivity index (χ0v) is 19.3. The van der Waals surface area contributed by atoms with Gasteiger partial charge in [-0.15, -0.1) is 0 Å². The summed E-state index contributed by atoms with van der Waals surface area (Å²) in [7, 11) is 4.61. The van der Waals surface area contributed by atoms with Gasteiger partial charge < -0.3 is 19.2 Å². The van der Waals surface area contributed by atoms with E-state index in [0.717, 1.165) is 16.6 Å². The fraction of sp³-hybridized carbons (Fsp3) is 0.154. The number of ether oxygens (including phenoxy) is 3. The number of benzene rings is 3. The number of fused-ring (bicyclic) bond motifs is 2. The maximum Gasteiger partial charge on any atom is 0.272 e. The van der Waals surface area contributed by atoms with Gasteiger partial charge in [-0.2, -0.15) is 5.10 Å². The molecule has 0 bridgehead atoms. The number of nitrogens with one attached hydrogen (secondary N) is 2. The second-order valence-corrected chi connectivity index (χ2v) is 7.89. The van der Waals surface area contributed by atoms with Gasteiger partial charge in [0.15, 0.2) is 0 Å². The Bertz CT molecular complexity index is 1690. The Morgan fingerprint density at radius 1 is 0.829 bits per heavy atom. The minimum absolute atomic E-state index is 0.230. The van der Waals surface area contributed by atoms with Crippen LogP contribution in [0.2, 0.25) is 0 Å². The molecule has 3 aromatic carbocycles. The van der Waals surface area contributed by atoms with Crippen LogP contribution >= 0.6 is 0 Å². The summed E-state index contributed by atoms with van der Waals surface area (Å²) in [5.74, 6) is 1.90. The summed E-state index contributed by atoms with van der Waals surface area (Å²) in [5, 5.41) is 8.53. The van der Waals surface area contributed by atoms with Crippen LogP contribution in [0.1, 0.15) is 11.3 Å². The summed E-state index contributed by atoms with van der Waals surface area (Å²) in [6.07, 6.45) is 0.441. The third-order valence-electron chi connectivity index (χ3n) is 5.90. The zero-order chi connectivity index (χ0) is 24.5. The Kier molecular flexibility index (Phi) is 5.66. The molecule has 0 aliphatic heterocycles. The normalized spacial score (nSPS) is 11.1. The highest BCUT2D eigenvalue weighted by atomic mass is 16.5. The number of aromatic nitrogens is 4. The van der Waals surface area contributed by atoms with Crippen molar-refractivity contribution in [3.8, 4) is 28.6 Å². The fourth-order valence-electron chi connectivity index (χ4n) is 4.15. The van der Waals surface area contributed by atoms with E-state index in [1.807, 2.05) is 36.4 Å². The molecule has 5 aromatic rings. The van der Waals surface area contributed by atoms with Gasteiger partial charge >= 0.3 is 0 Å². The van der Waals surface area contributed by atoms with E-state index >= 15 is 0 Å². The average Bonchev–Trinajstić information content (AvgIpc) is 2.89. The molecule has 35 heavy (non-hydrogen) atoms. The first kappa shape index (κ1) is 22.1. The highest BCUT2D eigenvalue weighted by Crippen LogP contribution is 2.31. The first-order valence-corrected chi connectivity index (χ1v) is 10.8. The smallest absolute Gasteiger partial charge is 0.272 e. The first-order chi connectivity index (χ1) is 17.0. The Balaban J connectivity index is 1.58. The molecule has 2 aromatic heterocycles. The highest BCUT2D eigenvalue weighted by Gasteiger charge is 2.15. The molecular formula is C26H22N4O5. The molecule has 176 valence electrons. The molecule has 2 N–H and O–H groups in total. The number of nitrogens with zero attached hydrogens (tertiary/aromatic N) is 2. The second kappa shape index (κ2) is 8.94. The van der Waals surface area contributed by atoms with E-state index in [9.17, 15) is 9.59 Å². The van der Waals surface area contributed by atoms with Gasteiger partial charge in [0.25, 0.3) is 11.1 Å². The molecule has 2 heterocycles. The number of H-pyrrole nitrogens is 2. The van der Waals surface area contributed by atoms with Crippen molar-refractivity contribution < 1.29 is 14.2 Å². The summed E-state index contributed by atoms with van der Waals surface area (Å²) in [5.41, 5.74) is 2.16. The van der Waals surface area contributed by atoms with Crippen LogP contribution in [-0.2, 0) is 6.42 Å². The molecule has 0 spiro atoms. The van der Waals surface area contributed by atoms with Crippen LogP contribution in [0.5, 0.6) is 17.2 Å². The number of hydrogen-bond donors (Lipinski definition) is 2. The minimum atomic E-state index is -0.323. The van der Waals surface area contributed by atoms with Gasteiger partial charge in [-0.05, 0) is 12.1 Å². The molecule has 0 fully saturated rings. The molecule has 0 atom stereocenters. The minimum Gasteiger partial charge on any atom is -0.497 e. The van der Waals surface area contributed by atoms with Crippen molar-refractivity contribution in [3.63, 3.8) is 0 Å². The lowest BCUT2D eigenvalue weighted by atomic mass is 10.0. The SMILES string of the molecule is COc1cc(OC)c2c(=O)[nH]c(-c3ccc(Cc4n[nH]c(=O)c5ccccc45)c(OC)c3)nc2c1. The molecule has 0 aliphatic rings. The lowest BCUT2D eigenvalue weighted by Crippen LogP contribution is -2.12. The number of hydrogen-bond acceptors (Lipinski definition) is 7. The summed E-state index contributed by atoms with van der Waals surface area (Å²) < 4.78 is 16.3. The number of rotatable bonds is 6. The molecule has 0 unspecified atom stereocenters. The fourth-order valence-corrected chi connectivity index (χ4v) is 4.15. The number of aromatic amines is 2. The van der Waals surface area contributed by atoms with Crippen LogP contribution in [0.3, 0.4) is 0 Å². The van der Waals surface area contributed by atoms with Crippen LogP contribution in [0.15, 0.2) is 64.2 Å². The Morgan fingerprint density at radius 2 is 1.60 bits per heavy atom. The Hall–Kier alpha value is -4.66. The summed E-state index contributed by atoms with van der Waals surface area (Å²) in [4.78, 5) is 32.5. The first-order valence-electron chi connectivity index (χ1n) is 10.8. The van der Waals surface area contributed by atoms with E-state index in [1.54, 1.807) is 32.4 Å². The van der Waals surface area contributed by atoms with Crippen LogP contribution in [0, 0.1) is 0 Å². The molecule has 0 amide bonds. The average molecular weight is 470 g/mol. The van der Waals surface area contributed by atoms with Crippen molar-refractivity contribution in [2.75, 3.05) is 21.3 Å². The van der Waals surface area contributed by atoms with Gasteiger partial charge in [-0.3, -0.25) is 9.59 Å². The molecule has 0 aliphatic carbocycles. The van der Waals surface area contributed by atoms with Gasteiger partial charge in [0.1, 0.15) is 28.5 Å². The lowest BCUT2D eigenvalue weighted by Gasteiger charge is -2.12. The summed E-state index contributed by atoms with van der Waals surface area (Å²) >= 11 is 0. The molecule has 5 rings (SSSR count). The maximum absolute atomic E-state index is 12.9. The maximum atomic E-state index is 12.9. The molecule has 9 nitrogen and oxygen atoms in total. The monoisotopic (exact) mass is 470 g/mol. The van der Waals surface area contributed by atoms with Crippen LogP contribution in [0.4, 0.5) is 0 Å².